The van der Waals surface area contributed by atoms with Gasteiger partial charge in [0, 0.05) is 12.7 Å². The van der Waals surface area contributed by atoms with Crippen molar-refractivity contribution in [3.05, 3.63) is 65.2 Å². The molecule has 3 rings (SSSR count). The van der Waals surface area contributed by atoms with Crippen molar-refractivity contribution in [2.24, 2.45) is 4.99 Å². The van der Waals surface area contributed by atoms with Gasteiger partial charge in [0.25, 0.3) is 5.91 Å². The highest BCUT2D eigenvalue weighted by atomic mass is 32.2. The number of aliphatic imine (C=N–C) groups is 1. The summed E-state index contributed by atoms with van der Waals surface area (Å²) >= 11 is 1.28. The lowest BCUT2D eigenvalue weighted by molar-refractivity contribution is -0.137. The number of amidine groups is 1. The number of amides is 1. The monoisotopic (exact) mass is 378 g/mol. The summed E-state index contributed by atoms with van der Waals surface area (Å²) in [6.07, 6.45) is -4.18. The van der Waals surface area contributed by atoms with E-state index in [0.717, 1.165) is 23.4 Å². The molecule has 0 spiro atoms. The van der Waals surface area contributed by atoms with Gasteiger partial charge in [0.2, 0.25) is 0 Å². The summed E-state index contributed by atoms with van der Waals surface area (Å²) in [5, 5.41) is 0.0391. The van der Waals surface area contributed by atoms with Gasteiger partial charge in [-0.05, 0) is 37.1 Å². The Bertz CT molecular complexity index is 847. The van der Waals surface area contributed by atoms with Crippen LogP contribution in [-0.2, 0) is 17.4 Å². The first kappa shape index (κ1) is 18.5. The van der Waals surface area contributed by atoms with Gasteiger partial charge in [0.05, 0.1) is 10.8 Å². The minimum absolute atomic E-state index is 0.210. The number of thioether (sulfide) groups is 1. The number of aryl methyl sites for hydroxylation is 1. The molecule has 3 nitrogen and oxygen atoms in total. The lowest BCUT2D eigenvalue weighted by atomic mass is 10.1. The van der Waals surface area contributed by atoms with E-state index in [1.807, 2.05) is 43.1 Å². The van der Waals surface area contributed by atoms with Crippen molar-refractivity contribution in [3.8, 4) is 0 Å². The Kier molecular flexibility index (Phi) is 5.09. The fourth-order valence-corrected chi connectivity index (χ4v) is 3.71. The number of benzene rings is 2. The van der Waals surface area contributed by atoms with E-state index in [2.05, 4.69) is 4.99 Å². The highest BCUT2D eigenvalue weighted by Crippen LogP contribution is 2.32. The van der Waals surface area contributed by atoms with Crippen LogP contribution in [0.2, 0.25) is 0 Å². The number of anilines is 1. The Hall–Kier alpha value is -2.28. The molecule has 26 heavy (non-hydrogen) atoms. The summed E-state index contributed by atoms with van der Waals surface area (Å²) in [4.78, 5) is 18.1. The molecule has 1 unspecified atom stereocenters. The molecule has 136 valence electrons. The third kappa shape index (κ3) is 4.09. The molecular formula is C19H17F3N2OS. The first-order valence-corrected chi connectivity index (χ1v) is 8.88. The first-order valence-electron chi connectivity index (χ1n) is 8.00. The van der Waals surface area contributed by atoms with Gasteiger partial charge >= 0.3 is 6.18 Å². The van der Waals surface area contributed by atoms with Crippen molar-refractivity contribution in [3.63, 3.8) is 0 Å². The summed E-state index contributed by atoms with van der Waals surface area (Å²) in [5.41, 5.74) is 1.79. The van der Waals surface area contributed by atoms with E-state index in [0.29, 0.717) is 10.7 Å². The quantitative estimate of drug-likeness (QED) is 0.777. The van der Waals surface area contributed by atoms with E-state index >= 15 is 0 Å². The van der Waals surface area contributed by atoms with Crippen LogP contribution in [-0.4, -0.2) is 23.4 Å². The molecule has 1 aliphatic rings. The van der Waals surface area contributed by atoms with Gasteiger partial charge in [-0.15, -0.1) is 0 Å². The van der Waals surface area contributed by atoms with Crippen LogP contribution in [0.5, 0.6) is 0 Å². The van der Waals surface area contributed by atoms with Crippen molar-refractivity contribution in [1.29, 1.82) is 0 Å². The Balaban J connectivity index is 1.71. The van der Waals surface area contributed by atoms with Crippen LogP contribution in [0.25, 0.3) is 0 Å². The molecule has 0 aliphatic carbocycles. The molecular weight excluding hydrogens is 361 g/mol. The fourth-order valence-electron chi connectivity index (χ4n) is 2.62. The molecule has 0 saturated heterocycles. The predicted molar refractivity (Wildman–Crippen MR) is 98.6 cm³/mol. The molecule has 2 aromatic rings. The predicted octanol–water partition coefficient (Wildman–Crippen LogP) is 4.69. The van der Waals surface area contributed by atoms with Crippen LogP contribution < -0.4 is 4.90 Å². The van der Waals surface area contributed by atoms with Crippen LogP contribution >= 0.6 is 11.8 Å². The lowest BCUT2D eigenvalue weighted by Crippen LogP contribution is -2.22. The molecule has 0 bridgehead atoms. The van der Waals surface area contributed by atoms with E-state index in [9.17, 15) is 18.0 Å². The maximum absolute atomic E-state index is 12.8. The average molecular weight is 378 g/mol. The van der Waals surface area contributed by atoms with E-state index < -0.39 is 17.0 Å². The molecule has 1 heterocycles. The summed E-state index contributed by atoms with van der Waals surface area (Å²) in [5.74, 6) is -0.318. The van der Waals surface area contributed by atoms with Crippen molar-refractivity contribution in [2.75, 3.05) is 11.9 Å². The molecule has 1 aliphatic heterocycles. The zero-order valence-corrected chi connectivity index (χ0v) is 15.1. The zero-order chi connectivity index (χ0) is 18.9. The Morgan fingerprint density at radius 1 is 1.15 bits per heavy atom. The molecule has 0 saturated carbocycles. The standard InChI is InChI=1S/C19H17F3N2OS/c1-12-6-8-15(9-7-12)24(2)18-23-17(25)16(26-18)11-13-4-3-5-14(10-13)19(20,21)22/h3-10,16H,11H2,1-2H3. The third-order valence-corrected chi connectivity index (χ3v) is 5.34. The number of hydrogen-bond donors (Lipinski definition) is 0. The van der Waals surface area contributed by atoms with Crippen LogP contribution in [0.4, 0.5) is 18.9 Å². The summed E-state index contributed by atoms with van der Waals surface area (Å²) < 4.78 is 38.5. The topological polar surface area (TPSA) is 32.7 Å². The number of carbonyl (C=O) groups is 1. The fraction of sp³-hybridized carbons (Fsp3) is 0.263. The molecule has 0 fully saturated rings. The molecule has 0 N–H and O–H groups in total. The lowest BCUT2D eigenvalue weighted by Gasteiger charge is -2.19. The van der Waals surface area contributed by atoms with Crippen molar-refractivity contribution in [1.82, 2.24) is 0 Å². The Morgan fingerprint density at radius 3 is 2.50 bits per heavy atom. The van der Waals surface area contributed by atoms with Crippen LogP contribution in [0.1, 0.15) is 16.7 Å². The molecule has 7 heteroatoms. The second-order valence-corrected chi connectivity index (χ2v) is 7.31. The van der Waals surface area contributed by atoms with Gasteiger partial charge in [-0.3, -0.25) is 4.79 Å². The number of carbonyl (C=O) groups excluding carboxylic acids is 1. The minimum atomic E-state index is -4.39. The number of halogens is 3. The van der Waals surface area contributed by atoms with Gasteiger partial charge in [-0.1, -0.05) is 47.7 Å². The van der Waals surface area contributed by atoms with Gasteiger partial charge in [-0.2, -0.15) is 18.2 Å². The molecule has 2 aromatic carbocycles. The maximum Gasteiger partial charge on any atom is 0.416 e. The van der Waals surface area contributed by atoms with Gasteiger partial charge in [0.1, 0.15) is 0 Å². The maximum atomic E-state index is 12.8. The van der Waals surface area contributed by atoms with Gasteiger partial charge in [-0.25, -0.2) is 0 Å². The Labute approximate surface area is 153 Å². The highest BCUT2D eigenvalue weighted by molar-refractivity contribution is 8.15. The van der Waals surface area contributed by atoms with Crippen molar-refractivity contribution in [2.45, 2.75) is 24.8 Å². The SMILES string of the molecule is Cc1ccc(N(C)C2=NC(=O)C(Cc3cccc(C(F)(F)F)c3)S2)cc1. The van der Waals surface area contributed by atoms with E-state index in [1.54, 1.807) is 6.07 Å². The van der Waals surface area contributed by atoms with Crippen LogP contribution in [0.3, 0.4) is 0 Å². The van der Waals surface area contributed by atoms with Gasteiger partial charge in [0.15, 0.2) is 5.17 Å². The number of alkyl halides is 3. The van der Waals surface area contributed by atoms with E-state index in [1.165, 1.54) is 17.8 Å². The highest BCUT2D eigenvalue weighted by Gasteiger charge is 2.33. The minimum Gasteiger partial charge on any atom is -0.324 e. The largest absolute Gasteiger partial charge is 0.416 e. The van der Waals surface area contributed by atoms with Gasteiger partial charge < -0.3 is 4.90 Å². The number of hydrogen-bond acceptors (Lipinski definition) is 3. The van der Waals surface area contributed by atoms with Crippen molar-refractivity contribution < 1.29 is 18.0 Å². The smallest absolute Gasteiger partial charge is 0.324 e. The molecule has 1 atom stereocenters. The van der Waals surface area contributed by atoms with Crippen molar-refractivity contribution >= 4 is 28.5 Å². The van der Waals surface area contributed by atoms with Crippen LogP contribution in [0, 0.1) is 6.92 Å². The van der Waals surface area contributed by atoms with Crippen LogP contribution in [0.15, 0.2) is 53.5 Å². The molecule has 0 aromatic heterocycles. The second-order valence-electron chi connectivity index (χ2n) is 6.14. The molecule has 1 amide bonds. The summed E-state index contributed by atoms with van der Waals surface area (Å²) in [7, 11) is 1.82. The normalized spacial score (nSPS) is 17.3. The first-order chi connectivity index (χ1) is 12.2. The van der Waals surface area contributed by atoms with E-state index in [-0.39, 0.29) is 12.3 Å². The molecule has 0 radical (unpaired) electrons. The summed E-state index contributed by atoms with van der Waals surface area (Å²) in [6, 6.07) is 12.9. The number of nitrogens with zero attached hydrogens (tertiary/aromatic N) is 2. The average Bonchev–Trinajstić information content (AvgIpc) is 2.95. The zero-order valence-electron chi connectivity index (χ0n) is 14.2. The summed E-state index contributed by atoms with van der Waals surface area (Å²) in [6.45, 7) is 1.99. The van der Waals surface area contributed by atoms with E-state index in [4.69, 9.17) is 0 Å². The second kappa shape index (κ2) is 7.15. The Morgan fingerprint density at radius 2 is 1.85 bits per heavy atom. The number of rotatable bonds is 3. The third-order valence-electron chi connectivity index (χ3n) is 4.11.